The zero-order valence-electron chi connectivity index (χ0n) is 14.4. The van der Waals surface area contributed by atoms with Gasteiger partial charge >= 0.3 is 0 Å². The van der Waals surface area contributed by atoms with Crippen LogP contribution in [0.4, 0.5) is 5.69 Å². The molecule has 1 heterocycles. The van der Waals surface area contributed by atoms with Gasteiger partial charge in [0.1, 0.15) is 5.03 Å². The Bertz CT molecular complexity index is 835. The molecule has 3 nitrogen and oxygen atoms in total. The van der Waals surface area contributed by atoms with E-state index in [-0.39, 0.29) is 16.5 Å². The summed E-state index contributed by atoms with van der Waals surface area (Å²) in [6.07, 6.45) is 3.24. The molecule has 0 bridgehead atoms. The number of hydrogen-bond acceptors (Lipinski definition) is 2. The number of imide groups is 1. The van der Waals surface area contributed by atoms with E-state index in [0.29, 0.717) is 11.3 Å². The fourth-order valence-electron chi connectivity index (χ4n) is 2.90. The molecule has 1 aliphatic heterocycles. The van der Waals surface area contributed by atoms with Gasteiger partial charge in [0.2, 0.25) is 0 Å². The van der Waals surface area contributed by atoms with Crippen molar-refractivity contribution in [3.05, 3.63) is 70.3 Å². The Morgan fingerprint density at radius 1 is 0.920 bits per heavy atom. The van der Waals surface area contributed by atoms with Gasteiger partial charge in [-0.15, -0.1) is 0 Å². The van der Waals surface area contributed by atoms with Crippen molar-refractivity contribution < 1.29 is 9.59 Å². The summed E-state index contributed by atoms with van der Waals surface area (Å²) < 4.78 is 0. The first-order valence-electron chi connectivity index (χ1n) is 8.47. The number of benzene rings is 2. The molecule has 0 unspecified atom stereocenters. The van der Waals surface area contributed by atoms with Crippen molar-refractivity contribution >= 4 is 34.7 Å². The molecule has 0 radical (unpaired) electrons. The van der Waals surface area contributed by atoms with Gasteiger partial charge in [-0.25, -0.2) is 4.90 Å². The van der Waals surface area contributed by atoms with Crippen LogP contribution in [0.5, 0.6) is 0 Å². The largest absolute Gasteiger partial charge is 0.277 e. The number of halogens is 1. The Labute approximate surface area is 152 Å². The van der Waals surface area contributed by atoms with Crippen LogP contribution in [0, 0.1) is 6.92 Å². The minimum Gasteiger partial charge on any atom is -0.268 e. The Hall–Kier alpha value is -2.39. The third kappa shape index (κ3) is 3.38. The lowest BCUT2D eigenvalue weighted by Crippen LogP contribution is -2.31. The molecule has 0 atom stereocenters. The van der Waals surface area contributed by atoms with Gasteiger partial charge in [-0.05, 0) is 43.0 Å². The summed E-state index contributed by atoms with van der Waals surface area (Å²) in [6.45, 7) is 4.12. The SMILES string of the molecule is CCCCc1ccc(N2C(=O)C(Cl)=C(c3ccc(C)cc3)C2=O)cc1. The van der Waals surface area contributed by atoms with Crippen molar-refractivity contribution in [2.45, 2.75) is 33.1 Å². The van der Waals surface area contributed by atoms with E-state index in [9.17, 15) is 9.59 Å². The third-order valence-electron chi connectivity index (χ3n) is 4.38. The highest BCUT2D eigenvalue weighted by molar-refractivity contribution is 6.60. The lowest BCUT2D eigenvalue weighted by molar-refractivity contribution is -0.119. The molecular weight excluding hydrogens is 334 g/mol. The van der Waals surface area contributed by atoms with Gasteiger partial charge in [0.05, 0.1) is 11.3 Å². The summed E-state index contributed by atoms with van der Waals surface area (Å²) in [5.74, 6) is -0.844. The van der Waals surface area contributed by atoms with Crippen LogP contribution in [0.15, 0.2) is 53.6 Å². The van der Waals surface area contributed by atoms with E-state index in [2.05, 4.69) is 6.92 Å². The number of carbonyl (C=O) groups is 2. The summed E-state index contributed by atoms with van der Waals surface area (Å²) in [4.78, 5) is 26.5. The standard InChI is InChI=1S/C21H20ClNO2/c1-3-4-5-15-8-12-17(13-9-15)23-20(24)18(19(22)21(23)25)16-10-6-14(2)7-11-16/h6-13H,3-5H2,1-2H3. The van der Waals surface area contributed by atoms with E-state index in [1.54, 1.807) is 0 Å². The lowest BCUT2D eigenvalue weighted by Gasteiger charge is -2.15. The van der Waals surface area contributed by atoms with Crippen LogP contribution in [0.3, 0.4) is 0 Å². The predicted molar refractivity (Wildman–Crippen MR) is 101 cm³/mol. The van der Waals surface area contributed by atoms with Crippen LogP contribution in [-0.4, -0.2) is 11.8 Å². The highest BCUT2D eigenvalue weighted by atomic mass is 35.5. The molecule has 25 heavy (non-hydrogen) atoms. The fraction of sp³-hybridized carbons (Fsp3) is 0.238. The number of rotatable bonds is 5. The van der Waals surface area contributed by atoms with E-state index < -0.39 is 5.91 Å². The van der Waals surface area contributed by atoms with E-state index in [1.165, 1.54) is 5.56 Å². The van der Waals surface area contributed by atoms with Crippen LogP contribution in [-0.2, 0) is 16.0 Å². The average Bonchev–Trinajstić information content (AvgIpc) is 2.84. The first-order valence-corrected chi connectivity index (χ1v) is 8.85. The van der Waals surface area contributed by atoms with Gasteiger partial charge in [-0.1, -0.05) is 66.9 Å². The second-order valence-electron chi connectivity index (χ2n) is 6.27. The van der Waals surface area contributed by atoms with Gasteiger partial charge < -0.3 is 0 Å². The third-order valence-corrected chi connectivity index (χ3v) is 4.73. The van der Waals surface area contributed by atoms with Crippen LogP contribution < -0.4 is 4.90 Å². The van der Waals surface area contributed by atoms with Crippen LogP contribution in [0.25, 0.3) is 5.57 Å². The zero-order valence-corrected chi connectivity index (χ0v) is 15.1. The normalized spacial score (nSPS) is 14.6. The van der Waals surface area contributed by atoms with Crippen molar-refractivity contribution in [3.8, 4) is 0 Å². The Balaban J connectivity index is 1.89. The van der Waals surface area contributed by atoms with E-state index in [4.69, 9.17) is 11.6 Å². The van der Waals surface area contributed by atoms with Gasteiger partial charge in [0.15, 0.2) is 0 Å². The molecule has 2 amide bonds. The number of carbonyl (C=O) groups excluding carboxylic acids is 2. The van der Waals surface area contributed by atoms with Crippen molar-refractivity contribution in [3.63, 3.8) is 0 Å². The molecule has 128 valence electrons. The predicted octanol–water partition coefficient (Wildman–Crippen LogP) is 4.86. The maximum absolute atomic E-state index is 12.8. The summed E-state index contributed by atoms with van der Waals surface area (Å²) in [5, 5.41) is -0.0242. The molecule has 0 spiro atoms. The number of unbranched alkanes of at least 4 members (excludes halogenated alkanes) is 1. The number of nitrogens with zero attached hydrogens (tertiary/aromatic N) is 1. The number of anilines is 1. The summed E-state index contributed by atoms with van der Waals surface area (Å²) in [7, 11) is 0. The van der Waals surface area contributed by atoms with Gasteiger partial charge in [0.25, 0.3) is 11.8 Å². The average molecular weight is 354 g/mol. The fourth-order valence-corrected chi connectivity index (χ4v) is 3.17. The second kappa shape index (κ2) is 7.24. The zero-order chi connectivity index (χ0) is 18.0. The molecule has 2 aromatic carbocycles. The molecular formula is C21H20ClNO2. The summed E-state index contributed by atoms with van der Waals surface area (Å²) in [5.41, 5.74) is 3.76. The number of amides is 2. The lowest BCUT2D eigenvalue weighted by atomic mass is 10.0. The van der Waals surface area contributed by atoms with Crippen LogP contribution in [0.2, 0.25) is 0 Å². The number of hydrogen-bond donors (Lipinski definition) is 0. The molecule has 0 fully saturated rings. The molecule has 4 heteroatoms. The Morgan fingerprint density at radius 2 is 1.56 bits per heavy atom. The van der Waals surface area contributed by atoms with Gasteiger partial charge in [0, 0.05) is 0 Å². The van der Waals surface area contributed by atoms with E-state index in [0.717, 1.165) is 29.7 Å². The maximum atomic E-state index is 12.8. The van der Waals surface area contributed by atoms with Crippen molar-refractivity contribution in [1.29, 1.82) is 0 Å². The molecule has 0 N–H and O–H groups in total. The highest BCUT2D eigenvalue weighted by Gasteiger charge is 2.39. The monoisotopic (exact) mass is 353 g/mol. The Morgan fingerprint density at radius 3 is 2.16 bits per heavy atom. The highest BCUT2D eigenvalue weighted by Crippen LogP contribution is 2.35. The molecule has 0 saturated carbocycles. The first kappa shape index (κ1) is 17.4. The van der Waals surface area contributed by atoms with E-state index >= 15 is 0 Å². The quantitative estimate of drug-likeness (QED) is 0.720. The first-order chi connectivity index (χ1) is 12.0. The molecule has 0 aliphatic carbocycles. The Kier molecular flexibility index (Phi) is 5.05. The van der Waals surface area contributed by atoms with Crippen molar-refractivity contribution in [2.24, 2.45) is 0 Å². The molecule has 1 aliphatic rings. The topological polar surface area (TPSA) is 37.4 Å². The van der Waals surface area contributed by atoms with E-state index in [1.807, 2.05) is 55.5 Å². The molecule has 0 aromatic heterocycles. The maximum Gasteiger partial charge on any atom is 0.277 e. The molecule has 2 aromatic rings. The minimum atomic E-state index is -0.469. The van der Waals surface area contributed by atoms with Crippen LogP contribution >= 0.6 is 11.6 Å². The minimum absolute atomic E-state index is 0.0242. The van der Waals surface area contributed by atoms with Crippen molar-refractivity contribution in [2.75, 3.05) is 4.90 Å². The molecule has 0 saturated heterocycles. The second-order valence-corrected chi connectivity index (χ2v) is 6.65. The van der Waals surface area contributed by atoms with Crippen molar-refractivity contribution in [1.82, 2.24) is 0 Å². The number of aryl methyl sites for hydroxylation is 2. The molecule has 3 rings (SSSR count). The summed E-state index contributed by atoms with van der Waals surface area (Å²) >= 11 is 6.21. The van der Waals surface area contributed by atoms with Gasteiger partial charge in [-0.3, -0.25) is 9.59 Å². The van der Waals surface area contributed by atoms with Gasteiger partial charge in [-0.2, -0.15) is 0 Å². The summed E-state index contributed by atoms with van der Waals surface area (Å²) in [6, 6.07) is 15.0. The smallest absolute Gasteiger partial charge is 0.268 e. The van der Waals surface area contributed by atoms with Crippen LogP contribution in [0.1, 0.15) is 36.5 Å².